The van der Waals surface area contributed by atoms with Crippen molar-refractivity contribution in [3.8, 4) is 0 Å². The molecule has 0 radical (unpaired) electrons. The van der Waals surface area contributed by atoms with Crippen LogP contribution in [-0.4, -0.2) is 18.1 Å². The molecule has 0 spiro atoms. The maximum atomic E-state index is 12.6. The smallest absolute Gasteiger partial charge is 0.357 e. The third-order valence-corrected chi connectivity index (χ3v) is 5.20. The largest absolute Gasteiger partial charge is 0.417 e. The minimum absolute atomic E-state index is 0.523. The van der Waals surface area contributed by atoms with Crippen LogP contribution in [-0.2, 0) is 12.6 Å². The lowest BCUT2D eigenvalue weighted by molar-refractivity contribution is -0.137. The van der Waals surface area contributed by atoms with Crippen molar-refractivity contribution in [3.05, 3.63) is 65.4 Å². The summed E-state index contributed by atoms with van der Waals surface area (Å²) in [4.78, 5) is 6.10. The van der Waals surface area contributed by atoms with Gasteiger partial charge in [0.15, 0.2) is 0 Å². The van der Waals surface area contributed by atoms with E-state index in [1.807, 2.05) is 0 Å². The summed E-state index contributed by atoms with van der Waals surface area (Å²) < 4.78 is 37.9. The van der Waals surface area contributed by atoms with Gasteiger partial charge >= 0.3 is 6.18 Å². The maximum Gasteiger partial charge on any atom is 0.417 e. The zero-order valence-corrected chi connectivity index (χ0v) is 13.8. The molecule has 0 amide bonds. The fourth-order valence-corrected chi connectivity index (χ4v) is 3.86. The number of alkyl halides is 3. The Morgan fingerprint density at radius 2 is 1.76 bits per heavy atom. The highest BCUT2D eigenvalue weighted by atomic mass is 19.4. The molecule has 0 unspecified atom stereocenters. The molecule has 0 saturated carbocycles. The van der Waals surface area contributed by atoms with E-state index in [0.29, 0.717) is 11.7 Å². The highest BCUT2D eigenvalue weighted by Crippen LogP contribution is 2.38. The molecular formula is C20H19F3N2. The molecule has 2 aliphatic rings. The summed E-state index contributed by atoms with van der Waals surface area (Å²) >= 11 is 0. The van der Waals surface area contributed by atoms with Gasteiger partial charge in [-0.2, -0.15) is 13.2 Å². The standard InChI is InChI=1S/C20H19F3N2/c21-20(22,23)16-6-8-19(24-13-16)25-11-9-15(10-12-25)18-7-5-14-3-1-2-4-17(14)18/h1-4,6-8,13,15H,5,9-12H2. The fraction of sp³-hybridized carbons (Fsp3) is 0.350. The molecule has 1 saturated heterocycles. The number of anilines is 1. The van der Waals surface area contributed by atoms with Gasteiger partial charge in [-0.25, -0.2) is 4.98 Å². The van der Waals surface area contributed by atoms with Gasteiger partial charge in [-0.05, 0) is 54.0 Å². The van der Waals surface area contributed by atoms with Gasteiger partial charge in [0.2, 0.25) is 0 Å². The van der Waals surface area contributed by atoms with Crippen molar-refractivity contribution in [3.63, 3.8) is 0 Å². The summed E-state index contributed by atoms with van der Waals surface area (Å²) in [6, 6.07) is 11.1. The predicted molar refractivity (Wildman–Crippen MR) is 92.3 cm³/mol. The van der Waals surface area contributed by atoms with Crippen LogP contribution >= 0.6 is 0 Å². The van der Waals surface area contributed by atoms with Crippen molar-refractivity contribution >= 4 is 11.4 Å². The minimum atomic E-state index is -4.33. The maximum absolute atomic E-state index is 12.6. The van der Waals surface area contributed by atoms with Crippen LogP contribution in [0.25, 0.3) is 5.57 Å². The van der Waals surface area contributed by atoms with Crippen LogP contribution in [0.3, 0.4) is 0 Å². The SMILES string of the molecule is FC(F)(F)c1ccc(N2CCC(C3=CCc4ccccc43)CC2)nc1. The predicted octanol–water partition coefficient (Wildman–Crippen LogP) is 4.96. The molecule has 2 nitrogen and oxygen atoms in total. The van der Waals surface area contributed by atoms with Crippen molar-refractivity contribution in [2.24, 2.45) is 5.92 Å². The normalized spacial score (nSPS) is 18.2. The monoisotopic (exact) mass is 344 g/mol. The summed E-state index contributed by atoms with van der Waals surface area (Å²) in [7, 11) is 0. The van der Waals surface area contributed by atoms with E-state index >= 15 is 0 Å². The number of pyridine rings is 1. The van der Waals surface area contributed by atoms with Gasteiger partial charge < -0.3 is 4.90 Å². The Kier molecular flexibility index (Phi) is 4.02. The molecule has 0 atom stereocenters. The lowest BCUT2D eigenvalue weighted by Crippen LogP contribution is -2.34. The number of benzene rings is 1. The van der Waals surface area contributed by atoms with Gasteiger partial charge in [0.25, 0.3) is 0 Å². The van der Waals surface area contributed by atoms with Crippen LogP contribution in [0, 0.1) is 5.92 Å². The van der Waals surface area contributed by atoms with Crippen molar-refractivity contribution in [1.29, 1.82) is 0 Å². The number of hydrogen-bond acceptors (Lipinski definition) is 2. The quantitative estimate of drug-likeness (QED) is 0.766. The van der Waals surface area contributed by atoms with Crippen LogP contribution in [0.2, 0.25) is 0 Å². The van der Waals surface area contributed by atoms with E-state index in [2.05, 4.69) is 40.2 Å². The van der Waals surface area contributed by atoms with E-state index in [1.165, 1.54) is 22.8 Å². The lowest BCUT2D eigenvalue weighted by atomic mass is 9.86. The van der Waals surface area contributed by atoms with Crippen molar-refractivity contribution in [2.45, 2.75) is 25.4 Å². The van der Waals surface area contributed by atoms with E-state index in [9.17, 15) is 13.2 Å². The Balaban J connectivity index is 1.42. The number of fused-ring (bicyclic) bond motifs is 1. The number of rotatable bonds is 2. The van der Waals surface area contributed by atoms with Crippen LogP contribution in [0.4, 0.5) is 19.0 Å². The number of aromatic nitrogens is 1. The van der Waals surface area contributed by atoms with Gasteiger partial charge in [0.05, 0.1) is 5.56 Å². The van der Waals surface area contributed by atoms with Crippen molar-refractivity contribution in [1.82, 2.24) is 4.98 Å². The molecule has 1 aromatic carbocycles. The molecule has 0 N–H and O–H groups in total. The first-order chi connectivity index (χ1) is 12.0. The van der Waals surface area contributed by atoms with E-state index < -0.39 is 11.7 Å². The van der Waals surface area contributed by atoms with Gasteiger partial charge in [0, 0.05) is 19.3 Å². The number of allylic oxidation sites excluding steroid dienone is 2. The van der Waals surface area contributed by atoms with E-state index in [0.717, 1.165) is 44.6 Å². The Labute approximate surface area is 145 Å². The first kappa shape index (κ1) is 16.2. The zero-order chi connectivity index (χ0) is 17.4. The minimum Gasteiger partial charge on any atom is -0.357 e. The second-order valence-corrected chi connectivity index (χ2v) is 6.68. The molecule has 1 aromatic heterocycles. The Hall–Kier alpha value is -2.30. The van der Waals surface area contributed by atoms with Gasteiger partial charge in [-0.3, -0.25) is 0 Å². The Morgan fingerprint density at radius 1 is 1.00 bits per heavy atom. The third kappa shape index (κ3) is 3.15. The van der Waals surface area contributed by atoms with Crippen molar-refractivity contribution < 1.29 is 13.2 Å². The van der Waals surface area contributed by atoms with Gasteiger partial charge in [-0.15, -0.1) is 0 Å². The molecule has 1 fully saturated rings. The summed E-state index contributed by atoms with van der Waals surface area (Å²) in [6.07, 6.45) is 1.94. The molecule has 1 aliphatic carbocycles. The summed E-state index contributed by atoms with van der Waals surface area (Å²) in [5.41, 5.74) is 3.51. The third-order valence-electron chi connectivity index (χ3n) is 5.20. The Bertz CT molecular complexity index is 785. The fourth-order valence-electron chi connectivity index (χ4n) is 3.86. The number of hydrogen-bond donors (Lipinski definition) is 0. The van der Waals surface area contributed by atoms with Gasteiger partial charge in [-0.1, -0.05) is 30.3 Å². The van der Waals surface area contributed by atoms with Crippen LogP contribution < -0.4 is 4.90 Å². The molecule has 130 valence electrons. The Morgan fingerprint density at radius 3 is 2.44 bits per heavy atom. The average molecular weight is 344 g/mol. The molecule has 5 heteroatoms. The molecule has 4 rings (SSSR count). The second-order valence-electron chi connectivity index (χ2n) is 6.68. The number of piperidine rings is 1. The topological polar surface area (TPSA) is 16.1 Å². The van der Waals surface area contributed by atoms with Crippen LogP contribution in [0.1, 0.15) is 29.5 Å². The molecular weight excluding hydrogens is 325 g/mol. The lowest BCUT2D eigenvalue weighted by Gasteiger charge is -2.33. The zero-order valence-electron chi connectivity index (χ0n) is 13.8. The first-order valence-electron chi connectivity index (χ1n) is 8.59. The molecule has 1 aliphatic heterocycles. The summed E-state index contributed by atoms with van der Waals surface area (Å²) in [5.74, 6) is 1.15. The van der Waals surface area contributed by atoms with E-state index in [-0.39, 0.29) is 0 Å². The number of halogens is 3. The molecule has 25 heavy (non-hydrogen) atoms. The molecule has 2 aromatic rings. The van der Waals surface area contributed by atoms with E-state index in [4.69, 9.17) is 0 Å². The molecule has 2 heterocycles. The van der Waals surface area contributed by atoms with Crippen LogP contribution in [0.5, 0.6) is 0 Å². The van der Waals surface area contributed by atoms with Crippen LogP contribution in [0.15, 0.2) is 48.7 Å². The highest BCUT2D eigenvalue weighted by molar-refractivity contribution is 5.74. The summed E-state index contributed by atoms with van der Waals surface area (Å²) in [5, 5.41) is 0. The second kappa shape index (κ2) is 6.21. The summed E-state index contributed by atoms with van der Waals surface area (Å²) in [6.45, 7) is 1.64. The molecule has 0 bridgehead atoms. The highest BCUT2D eigenvalue weighted by Gasteiger charge is 2.31. The van der Waals surface area contributed by atoms with Gasteiger partial charge in [0.1, 0.15) is 5.82 Å². The first-order valence-corrected chi connectivity index (χ1v) is 8.59. The van der Waals surface area contributed by atoms with Crippen molar-refractivity contribution in [2.75, 3.05) is 18.0 Å². The average Bonchev–Trinajstić information content (AvgIpc) is 3.05. The van der Waals surface area contributed by atoms with E-state index in [1.54, 1.807) is 0 Å². The number of nitrogens with zero attached hydrogens (tertiary/aromatic N) is 2.